The molecule has 1 fully saturated rings. The third-order valence-corrected chi connectivity index (χ3v) is 6.57. The number of halogens is 2. The van der Waals surface area contributed by atoms with Gasteiger partial charge in [0.1, 0.15) is 17.4 Å². The van der Waals surface area contributed by atoms with Crippen LogP contribution in [0.3, 0.4) is 0 Å². The number of hydrogen-bond acceptors (Lipinski definition) is 5. The molecule has 0 aliphatic heterocycles. The van der Waals surface area contributed by atoms with Crippen LogP contribution in [0.25, 0.3) is 11.1 Å². The Labute approximate surface area is 199 Å². The van der Waals surface area contributed by atoms with Crippen LogP contribution >= 0.6 is 11.6 Å². The number of anilines is 2. The van der Waals surface area contributed by atoms with E-state index >= 15 is 0 Å². The van der Waals surface area contributed by atoms with Gasteiger partial charge in [-0.3, -0.25) is 0 Å². The summed E-state index contributed by atoms with van der Waals surface area (Å²) in [7, 11) is 1.63. The molecule has 1 aliphatic rings. The Morgan fingerprint density at radius 1 is 1.12 bits per heavy atom. The molecular formula is C26H30ClFN4O. The zero-order valence-corrected chi connectivity index (χ0v) is 19.5. The van der Waals surface area contributed by atoms with Crippen LogP contribution in [0.2, 0.25) is 5.02 Å². The van der Waals surface area contributed by atoms with E-state index in [9.17, 15) is 4.39 Å². The monoisotopic (exact) mass is 468 g/mol. The molecule has 0 saturated heterocycles. The van der Waals surface area contributed by atoms with Crippen molar-refractivity contribution in [3.05, 3.63) is 71.1 Å². The first-order valence-corrected chi connectivity index (χ1v) is 11.7. The van der Waals surface area contributed by atoms with Crippen molar-refractivity contribution in [1.82, 2.24) is 4.98 Å². The Morgan fingerprint density at radius 2 is 1.94 bits per heavy atom. The molecule has 0 unspecified atom stereocenters. The van der Waals surface area contributed by atoms with Gasteiger partial charge in [-0.1, -0.05) is 29.8 Å². The van der Waals surface area contributed by atoms with E-state index in [1.807, 2.05) is 30.3 Å². The maximum atomic E-state index is 13.5. The highest BCUT2D eigenvalue weighted by Crippen LogP contribution is 2.35. The van der Waals surface area contributed by atoms with Crippen molar-refractivity contribution in [1.29, 1.82) is 0 Å². The summed E-state index contributed by atoms with van der Waals surface area (Å²) in [6, 6.07) is 14.8. The number of aromatic nitrogens is 1. The second-order valence-corrected chi connectivity index (χ2v) is 8.95. The van der Waals surface area contributed by atoms with Gasteiger partial charge < -0.3 is 21.1 Å². The van der Waals surface area contributed by atoms with E-state index in [1.165, 1.54) is 12.1 Å². The van der Waals surface area contributed by atoms with Crippen LogP contribution in [0.1, 0.15) is 31.2 Å². The minimum absolute atomic E-state index is 0.255. The number of methoxy groups -OCH3 is 1. The average Bonchev–Trinajstić information content (AvgIpc) is 2.84. The van der Waals surface area contributed by atoms with Crippen molar-refractivity contribution in [2.75, 3.05) is 24.3 Å². The van der Waals surface area contributed by atoms with Crippen LogP contribution in [0.5, 0.6) is 5.75 Å². The second-order valence-electron chi connectivity index (χ2n) is 8.55. The molecule has 7 heteroatoms. The highest BCUT2D eigenvalue weighted by molar-refractivity contribution is 6.33. The molecule has 0 atom stereocenters. The fourth-order valence-corrected chi connectivity index (χ4v) is 4.56. The summed E-state index contributed by atoms with van der Waals surface area (Å²) in [5.41, 5.74) is 9.31. The Hall–Kier alpha value is -2.83. The summed E-state index contributed by atoms with van der Waals surface area (Å²) < 4.78 is 19.0. The predicted molar refractivity (Wildman–Crippen MR) is 133 cm³/mol. The van der Waals surface area contributed by atoms with Crippen molar-refractivity contribution in [2.24, 2.45) is 11.7 Å². The van der Waals surface area contributed by atoms with Crippen molar-refractivity contribution < 1.29 is 9.13 Å². The Balaban J connectivity index is 1.53. The zero-order chi connectivity index (χ0) is 23.2. The highest BCUT2D eigenvalue weighted by atomic mass is 35.5. The summed E-state index contributed by atoms with van der Waals surface area (Å²) in [4.78, 5) is 4.49. The number of nitrogens with one attached hydrogen (secondary N) is 2. The summed E-state index contributed by atoms with van der Waals surface area (Å²) in [6.07, 6.45) is 6.17. The fraction of sp³-hybridized carbons (Fsp3) is 0.346. The first-order valence-electron chi connectivity index (χ1n) is 11.3. The molecule has 2 aromatic carbocycles. The van der Waals surface area contributed by atoms with Gasteiger partial charge >= 0.3 is 0 Å². The van der Waals surface area contributed by atoms with Crippen molar-refractivity contribution in [2.45, 2.75) is 38.3 Å². The van der Waals surface area contributed by atoms with E-state index in [2.05, 4.69) is 15.6 Å². The molecule has 1 aromatic heterocycles. The summed E-state index contributed by atoms with van der Waals surface area (Å²) in [6.45, 7) is 1.24. The van der Waals surface area contributed by atoms with Gasteiger partial charge in [0.05, 0.1) is 17.8 Å². The van der Waals surface area contributed by atoms with Gasteiger partial charge in [-0.05, 0) is 79.6 Å². The van der Waals surface area contributed by atoms with Gasteiger partial charge in [-0.25, -0.2) is 9.37 Å². The fourth-order valence-electron chi connectivity index (χ4n) is 4.35. The van der Waals surface area contributed by atoms with Crippen LogP contribution in [0.4, 0.5) is 15.9 Å². The van der Waals surface area contributed by atoms with Gasteiger partial charge in [-0.2, -0.15) is 0 Å². The van der Waals surface area contributed by atoms with Crippen molar-refractivity contribution in [3.8, 4) is 16.9 Å². The zero-order valence-electron chi connectivity index (χ0n) is 18.8. The summed E-state index contributed by atoms with van der Waals surface area (Å²) in [5, 5.41) is 7.49. The van der Waals surface area contributed by atoms with Gasteiger partial charge in [0.15, 0.2) is 0 Å². The van der Waals surface area contributed by atoms with E-state index in [-0.39, 0.29) is 5.82 Å². The smallest absolute Gasteiger partial charge is 0.141 e. The molecule has 0 radical (unpaired) electrons. The van der Waals surface area contributed by atoms with E-state index in [0.717, 1.165) is 60.4 Å². The normalized spacial score (nSPS) is 18.1. The van der Waals surface area contributed by atoms with Crippen molar-refractivity contribution >= 4 is 23.1 Å². The van der Waals surface area contributed by atoms with Crippen LogP contribution in [0.15, 0.2) is 54.7 Å². The number of nitrogens with zero attached hydrogens (tertiary/aromatic N) is 1. The van der Waals surface area contributed by atoms with Gasteiger partial charge in [-0.15, -0.1) is 0 Å². The molecule has 0 spiro atoms. The Kier molecular flexibility index (Phi) is 7.68. The summed E-state index contributed by atoms with van der Waals surface area (Å²) >= 11 is 6.53. The number of pyridine rings is 1. The third-order valence-electron chi connectivity index (χ3n) is 6.27. The minimum Gasteiger partial charge on any atom is -0.495 e. The van der Waals surface area contributed by atoms with Crippen LogP contribution < -0.4 is 21.1 Å². The number of rotatable bonds is 8. The lowest BCUT2D eigenvalue weighted by Crippen LogP contribution is -2.29. The van der Waals surface area contributed by atoms with Crippen LogP contribution in [-0.4, -0.2) is 24.7 Å². The molecule has 4 rings (SSSR count). The Morgan fingerprint density at radius 3 is 2.67 bits per heavy atom. The summed E-state index contributed by atoms with van der Waals surface area (Å²) in [5.74, 6) is 1.90. The van der Waals surface area contributed by atoms with Gasteiger partial charge in [0, 0.05) is 24.3 Å². The van der Waals surface area contributed by atoms with E-state index in [0.29, 0.717) is 29.3 Å². The molecule has 1 heterocycles. The molecule has 1 saturated carbocycles. The SMILES string of the molecule is COc1ccc(-c2cc(N[C@H]3CC[C@H](CN)CC3)ncc2Cl)cc1NCc1cccc(F)c1. The van der Waals surface area contributed by atoms with Gasteiger partial charge in [0.25, 0.3) is 0 Å². The quantitative estimate of drug-likeness (QED) is 0.373. The van der Waals surface area contributed by atoms with Crippen molar-refractivity contribution in [3.63, 3.8) is 0 Å². The molecular weight excluding hydrogens is 439 g/mol. The van der Waals surface area contributed by atoms with Crippen LogP contribution in [0, 0.1) is 11.7 Å². The third kappa shape index (κ3) is 5.95. The lowest BCUT2D eigenvalue weighted by molar-refractivity contribution is 0.344. The maximum absolute atomic E-state index is 13.5. The molecule has 3 aromatic rings. The molecule has 174 valence electrons. The second kappa shape index (κ2) is 10.9. The highest BCUT2D eigenvalue weighted by Gasteiger charge is 2.20. The van der Waals surface area contributed by atoms with E-state index in [4.69, 9.17) is 22.1 Å². The lowest BCUT2D eigenvalue weighted by atomic mass is 9.86. The standard InChI is InChI=1S/C26H30ClFN4O/c1-33-25-10-7-19(12-24(25)30-15-18-3-2-4-20(28)11-18)22-13-26(31-16-23(22)27)32-21-8-5-17(14-29)6-9-21/h2-4,7,10-13,16-17,21,30H,5-6,8-9,14-15,29H2,1H3,(H,31,32)/t17-,21-. The first kappa shape index (κ1) is 23.3. The number of ether oxygens (including phenoxy) is 1. The van der Waals surface area contributed by atoms with E-state index < -0.39 is 0 Å². The van der Waals surface area contributed by atoms with Crippen LogP contribution in [-0.2, 0) is 6.54 Å². The maximum Gasteiger partial charge on any atom is 0.141 e. The molecule has 1 aliphatic carbocycles. The van der Waals surface area contributed by atoms with Gasteiger partial charge in [0.2, 0.25) is 0 Å². The number of hydrogen-bond donors (Lipinski definition) is 3. The molecule has 33 heavy (non-hydrogen) atoms. The Bertz CT molecular complexity index is 1090. The number of benzene rings is 2. The number of nitrogens with two attached hydrogens (primary N) is 1. The first-order chi connectivity index (χ1) is 16.1. The molecule has 4 N–H and O–H groups in total. The van der Waals surface area contributed by atoms with E-state index in [1.54, 1.807) is 19.4 Å². The largest absolute Gasteiger partial charge is 0.495 e. The minimum atomic E-state index is -0.255. The predicted octanol–water partition coefficient (Wildman–Crippen LogP) is 6.09. The molecule has 0 amide bonds. The molecule has 5 nitrogen and oxygen atoms in total. The average molecular weight is 469 g/mol. The topological polar surface area (TPSA) is 72.2 Å². The lowest BCUT2D eigenvalue weighted by Gasteiger charge is -2.28. The molecule has 0 bridgehead atoms.